The minimum Gasteiger partial charge on any atom is -0.462 e. The molecule has 0 aromatic rings. The van der Waals surface area contributed by atoms with Gasteiger partial charge in [0.15, 0.2) is 12.4 Å². The van der Waals surface area contributed by atoms with Crippen LogP contribution in [-0.4, -0.2) is 96.0 Å². The highest BCUT2D eigenvalue weighted by molar-refractivity contribution is 7.85. The molecule has 1 aliphatic heterocycles. The summed E-state index contributed by atoms with van der Waals surface area (Å²) >= 11 is 0. The van der Waals surface area contributed by atoms with E-state index in [1.807, 2.05) is 0 Å². The number of esters is 2. The van der Waals surface area contributed by atoms with E-state index in [4.69, 9.17) is 18.9 Å². The third-order valence-corrected chi connectivity index (χ3v) is 10.3. The normalized spacial score (nSPS) is 21.2. The summed E-state index contributed by atoms with van der Waals surface area (Å²) in [5.41, 5.74) is 0. The van der Waals surface area contributed by atoms with Gasteiger partial charge in [-0.1, -0.05) is 115 Å². The van der Waals surface area contributed by atoms with Gasteiger partial charge in [-0.25, -0.2) is 0 Å². The van der Waals surface area contributed by atoms with Gasteiger partial charge >= 0.3 is 11.9 Å². The first kappa shape index (κ1) is 50.1. The van der Waals surface area contributed by atoms with Gasteiger partial charge < -0.3 is 34.3 Å². The number of aliphatic hydroxyl groups is 3. The van der Waals surface area contributed by atoms with Gasteiger partial charge in [-0.2, -0.15) is 8.42 Å². The van der Waals surface area contributed by atoms with E-state index in [1.54, 1.807) is 0 Å². The van der Waals surface area contributed by atoms with Crippen molar-refractivity contribution in [1.82, 2.24) is 0 Å². The SMILES string of the molecule is CCCCCCC/C=C\CCCCCCC(=O)OC[C@@H](CO[C@H]1O[C@H](CS(=O)(=O)O)[C@@H](O)[C@H](O)[C@H]1O)OC(=O)CCCCCC/C=C\CCCCCCC. The summed E-state index contributed by atoms with van der Waals surface area (Å²) in [6, 6.07) is 0. The second-order valence-electron chi connectivity index (χ2n) is 14.6. The summed E-state index contributed by atoms with van der Waals surface area (Å²) in [5.74, 6) is -2.01. The van der Waals surface area contributed by atoms with Crippen LogP contribution in [0.5, 0.6) is 0 Å². The van der Waals surface area contributed by atoms with Crippen molar-refractivity contribution < 1.29 is 56.8 Å². The Morgan fingerprint density at radius 3 is 1.52 bits per heavy atom. The van der Waals surface area contributed by atoms with Crippen LogP contribution in [0.3, 0.4) is 0 Å². The maximum absolute atomic E-state index is 12.7. The molecule has 1 saturated heterocycles. The first-order valence-electron chi connectivity index (χ1n) is 20.9. The lowest BCUT2D eigenvalue weighted by atomic mass is 10.00. The molecule has 13 heteroatoms. The van der Waals surface area contributed by atoms with Crippen LogP contribution in [0.25, 0.3) is 0 Å². The molecule has 1 rings (SSSR count). The molecule has 1 heterocycles. The fourth-order valence-electron chi connectivity index (χ4n) is 6.19. The van der Waals surface area contributed by atoms with E-state index in [0.717, 1.165) is 64.2 Å². The first-order valence-corrected chi connectivity index (χ1v) is 22.5. The fourth-order valence-corrected chi connectivity index (χ4v) is 6.88. The van der Waals surface area contributed by atoms with Gasteiger partial charge in [0.1, 0.15) is 36.8 Å². The number of rotatable bonds is 34. The second kappa shape index (κ2) is 32.2. The Bertz CT molecular complexity index is 1110. The summed E-state index contributed by atoms with van der Waals surface area (Å²) in [6.45, 7) is 3.70. The number of unbranched alkanes of at least 4 members (excludes halogenated alkanes) is 18. The van der Waals surface area contributed by atoms with Crippen LogP contribution in [0.1, 0.15) is 168 Å². The summed E-state index contributed by atoms with van der Waals surface area (Å²) < 4.78 is 53.9. The first-order chi connectivity index (χ1) is 26.0. The minimum absolute atomic E-state index is 0.149. The van der Waals surface area contributed by atoms with Gasteiger partial charge in [0.2, 0.25) is 0 Å². The lowest BCUT2D eigenvalue weighted by Gasteiger charge is -2.40. The predicted molar refractivity (Wildman–Crippen MR) is 210 cm³/mol. The molecule has 0 unspecified atom stereocenters. The van der Waals surface area contributed by atoms with Gasteiger partial charge in [-0.3, -0.25) is 14.1 Å². The van der Waals surface area contributed by atoms with Gasteiger partial charge in [0, 0.05) is 12.8 Å². The molecule has 0 radical (unpaired) electrons. The number of allylic oxidation sites excluding steroid dienone is 4. The van der Waals surface area contributed by atoms with Crippen molar-refractivity contribution in [3.05, 3.63) is 24.3 Å². The van der Waals surface area contributed by atoms with E-state index < -0.39 is 71.2 Å². The van der Waals surface area contributed by atoms with Crippen molar-refractivity contribution in [2.45, 2.75) is 205 Å². The zero-order valence-corrected chi connectivity index (χ0v) is 34.1. The Morgan fingerprint density at radius 1 is 0.611 bits per heavy atom. The number of hydrogen-bond donors (Lipinski definition) is 4. The molecule has 6 atom stereocenters. The molecule has 12 nitrogen and oxygen atoms in total. The van der Waals surface area contributed by atoms with Crippen LogP contribution in [0.2, 0.25) is 0 Å². The molecule has 0 bridgehead atoms. The van der Waals surface area contributed by atoms with Crippen LogP contribution in [0.15, 0.2) is 24.3 Å². The zero-order valence-electron chi connectivity index (χ0n) is 33.3. The van der Waals surface area contributed by atoms with Crippen LogP contribution < -0.4 is 0 Å². The largest absolute Gasteiger partial charge is 0.462 e. The van der Waals surface area contributed by atoms with E-state index in [1.165, 1.54) is 64.2 Å². The summed E-state index contributed by atoms with van der Waals surface area (Å²) in [7, 11) is -4.60. The third-order valence-electron chi connectivity index (χ3n) is 9.50. The standard InChI is InChI=1S/C41H74O12S/c1-3-5-7-9-11-13-15-17-19-21-23-25-27-29-36(42)50-31-34(32-51-41-40(46)39(45)38(44)35(53-41)33-54(47,48)49)52-37(43)30-28-26-24-22-20-18-16-14-12-10-8-6-4-2/h15-18,34-35,38-41,44-46H,3-14,19-33H2,1-2H3,(H,47,48,49)/b17-15-,18-16-/t34-,35+,38+,39-,40+,41-/m0/s1. The molecule has 4 N–H and O–H groups in total. The van der Waals surface area contributed by atoms with Gasteiger partial charge in [0.05, 0.1) is 6.61 Å². The maximum Gasteiger partial charge on any atom is 0.306 e. The van der Waals surface area contributed by atoms with Gasteiger partial charge in [0.25, 0.3) is 10.1 Å². The van der Waals surface area contributed by atoms with Crippen molar-refractivity contribution in [3.63, 3.8) is 0 Å². The van der Waals surface area contributed by atoms with Crippen molar-refractivity contribution >= 4 is 22.1 Å². The smallest absolute Gasteiger partial charge is 0.306 e. The number of hydrogen-bond acceptors (Lipinski definition) is 11. The van der Waals surface area contributed by atoms with E-state index in [2.05, 4.69) is 38.2 Å². The van der Waals surface area contributed by atoms with E-state index in [0.29, 0.717) is 12.8 Å². The second-order valence-corrected chi connectivity index (χ2v) is 16.1. The van der Waals surface area contributed by atoms with Crippen LogP contribution >= 0.6 is 0 Å². The molecule has 0 aromatic heterocycles. The molecular formula is C41H74O12S. The van der Waals surface area contributed by atoms with Crippen molar-refractivity contribution in [3.8, 4) is 0 Å². The molecule has 316 valence electrons. The molecule has 1 fully saturated rings. The minimum atomic E-state index is -4.60. The lowest BCUT2D eigenvalue weighted by molar-refractivity contribution is -0.297. The van der Waals surface area contributed by atoms with Gasteiger partial charge in [-0.15, -0.1) is 0 Å². The van der Waals surface area contributed by atoms with Crippen molar-refractivity contribution in [2.24, 2.45) is 0 Å². The number of carbonyl (C=O) groups excluding carboxylic acids is 2. The fraction of sp³-hybridized carbons (Fsp3) is 0.854. The molecule has 0 spiro atoms. The number of ether oxygens (including phenoxy) is 4. The van der Waals surface area contributed by atoms with Gasteiger partial charge in [-0.05, 0) is 64.2 Å². The van der Waals surface area contributed by atoms with Crippen LogP contribution in [0.4, 0.5) is 0 Å². The topological polar surface area (TPSA) is 186 Å². The average molecular weight is 791 g/mol. The number of carbonyl (C=O) groups is 2. The van der Waals surface area contributed by atoms with Crippen LogP contribution in [0, 0.1) is 0 Å². The van der Waals surface area contributed by atoms with E-state index in [-0.39, 0.29) is 19.4 Å². The summed E-state index contributed by atoms with van der Waals surface area (Å²) in [4.78, 5) is 25.3. The van der Waals surface area contributed by atoms with Crippen molar-refractivity contribution in [2.75, 3.05) is 19.0 Å². The Morgan fingerprint density at radius 2 is 1.06 bits per heavy atom. The number of aliphatic hydroxyl groups excluding tert-OH is 3. The molecule has 0 aromatic carbocycles. The predicted octanol–water partition coefficient (Wildman–Crippen LogP) is 7.67. The summed E-state index contributed by atoms with van der Waals surface area (Å²) in [6.07, 6.45) is 23.7. The third kappa shape index (κ3) is 26.9. The zero-order chi connectivity index (χ0) is 39.9. The Hall–Kier alpha value is -1.87. The Labute approximate surface area is 326 Å². The molecule has 0 amide bonds. The molecule has 0 aliphatic carbocycles. The molecule has 0 saturated carbocycles. The maximum atomic E-state index is 12.7. The van der Waals surface area contributed by atoms with E-state index in [9.17, 15) is 37.9 Å². The lowest BCUT2D eigenvalue weighted by Crippen LogP contribution is -2.60. The highest BCUT2D eigenvalue weighted by Gasteiger charge is 2.46. The molecule has 54 heavy (non-hydrogen) atoms. The monoisotopic (exact) mass is 790 g/mol. The molecule has 1 aliphatic rings. The van der Waals surface area contributed by atoms with Crippen molar-refractivity contribution in [1.29, 1.82) is 0 Å². The average Bonchev–Trinajstić information content (AvgIpc) is 3.13. The Balaban J connectivity index is 2.51. The molecular weight excluding hydrogens is 717 g/mol. The quantitative estimate of drug-likeness (QED) is 0.0216. The summed E-state index contributed by atoms with van der Waals surface area (Å²) in [5, 5.41) is 30.8. The highest BCUT2D eigenvalue weighted by Crippen LogP contribution is 2.24. The highest BCUT2D eigenvalue weighted by atomic mass is 32.2. The van der Waals surface area contributed by atoms with Crippen LogP contribution in [-0.2, 0) is 38.7 Å². The Kier molecular flexibility index (Phi) is 29.9. The van der Waals surface area contributed by atoms with E-state index >= 15 is 0 Å².